The van der Waals surface area contributed by atoms with Crippen LogP contribution in [0.15, 0.2) is 43.0 Å². The fourth-order valence-corrected chi connectivity index (χ4v) is 3.14. The predicted octanol–water partition coefficient (Wildman–Crippen LogP) is 2.67. The van der Waals surface area contributed by atoms with Gasteiger partial charge in [-0.2, -0.15) is 29.4 Å². The summed E-state index contributed by atoms with van der Waals surface area (Å²) in [6, 6.07) is 7.30. The van der Waals surface area contributed by atoms with Crippen LogP contribution in [0.25, 0.3) is 27.7 Å². The molecule has 0 unspecified atom stereocenters. The van der Waals surface area contributed by atoms with Crippen LogP contribution in [0.4, 0.5) is 0 Å². The molecule has 0 radical (unpaired) electrons. The standard InChI is InChI=1S/C17H10ClN7O/c1-9-2-4-10(5-3-9)16(26)25-15-12(7-21-25)13-11(6-19-15)14(18)23-17-20-8-22-24(13)17/h2-8H,1H3. The van der Waals surface area contributed by atoms with Crippen LogP contribution in [0.5, 0.6) is 0 Å². The summed E-state index contributed by atoms with van der Waals surface area (Å²) >= 11 is 6.25. The largest absolute Gasteiger partial charge is 0.280 e. The molecule has 1 aromatic carbocycles. The summed E-state index contributed by atoms with van der Waals surface area (Å²) < 4.78 is 2.84. The number of rotatable bonds is 1. The Bertz CT molecular complexity index is 1320. The third kappa shape index (κ3) is 2.02. The molecule has 0 saturated carbocycles. The first-order valence-electron chi connectivity index (χ1n) is 7.76. The van der Waals surface area contributed by atoms with Crippen molar-refractivity contribution in [2.45, 2.75) is 6.92 Å². The zero-order valence-corrected chi connectivity index (χ0v) is 14.2. The second-order valence-corrected chi connectivity index (χ2v) is 6.22. The Kier molecular flexibility index (Phi) is 3.04. The Hall–Kier alpha value is -3.39. The van der Waals surface area contributed by atoms with E-state index >= 15 is 0 Å². The lowest BCUT2D eigenvalue weighted by Gasteiger charge is -2.05. The van der Waals surface area contributed by atoms with E-state index in [4.69, 9.17) is 11.6 Å². The minimum Gasteiger partial charge on any atom is -0.267 e. The van der Waals surface area contributed by atoms with Crippen molar-refractivity contribution in [3.05, 3.63) is 59.3 Å². The van der Waals surface area contributed by atoms with Crippen molar-refractivity contribution in [3.8, 4) is 0 Å². The number of aryl methyl sites for hydroxylation is 1. The van der Waals surface area contributed by atoms with Crippen LogP contribution < -0.4 is 0 Å². The summed E-state index contributed by atoms with van der Waals surface area (Å²) in [7, 11) is 0. The van der Waals surface area contributed by atoms with Crippen LogP contribution in [-0.4, -0.2) is 40.3 Å². The van der Waals surface area contributed by atoms with Gasteiger partial charge in [-0.15, -0.1) is 0 Å². The molecule has 0 fully saturated rings. The van der Waals surface area contributed by atoms with Gasteiger partial charge in [-0.05, 0) is 19.1 Å². The van der Waals surface area contributed by atoms with Gasteiger partial charge in [0.1, 0.15) is 11.5 Å². The molecule has 0 aliphatic heterocycles. The van der Waals surface area contributed by atoms with Crippen LogP contribution in [0, 0.1) is 6.92 Å². The fraction of sp³-hybridized carbons (Fsp3) is 0.0588. The summed E-state index contributed by atoms with van der Waals surface area (Å²) in [4.78, 5) is 25.5. The van der Waals surface area contributed by atoms with Gasteiger partial charge in [0.2, 0.25) is 0 Å². The molecule has 0 N–H and O–H groups in total. The number of halogens is 1. The normalized spacial score (nSPS) is 11.6. The van der Waals surface area contributed by atoms with Crippen molar-refractivity contribution >= 4 is 45.2 Å². The molecule has 0 saturated heterocycles. The number of hydrogen-bond acceptors (Lipinski definition) is 6. The van der Waals surface area contributed by atoms with Crippen LogP contribution in [0.2, 0.25) is 5.15 Å². The van der Waals surface area contributed by atoms with Gasteiger partial charge in [0.05, 0.1) is 22.5 Å². The van der Waals surface area contributed by atoms with E-state index in [0.29, 0.717) is 33.3 Å². The summed E-state index contributed by atoms with van der Waals surface area (Å²) in [6.45, 7) is 1.96. The molecule has 4 aromatic heterocycles. The fourth-order valence-electron chi connectivity index (χ4n) is 2.93. The van der Waals surface area contributed by atoms with E-state index in [9.17, 15) is 4.79 Å². The van der Waals surface area contributed by atoms with E-state index in [1.54, 1.807) is 29.0 Å². The highest BCUT2D eigenvalue weighted by Gasteiger charge is 2.19. The second-order valence-electron chi connectivity index (χ2n) is 5.86. The molecule has 5 rings (SSSR count). The topological polar surface area (TPSA) is 90.9 Å². The first-order valence-corrected chi connectivity index (χ1v) is 8.14. The van der Waals surface area contributed by atoms with Gasteiger partial charge in [-0.1, -0.05) is 29.3 Å². The number of pyridine rings is 1. The van der Waals surface area contributed by atoms with Crippen molar-refractivity contribution < 1.29 is 4.79 Å². The van der Waals surface area contributed by atoms with E-state index in [-0.39, 0.29) is 11.1 Å². The molecule has 126 valence electrons. The Morgan fingerprint density at radius 2 is 1.85 bits per heavy atom. The van der Waals surface area contributed by atoms with Gasteiger partial charge in [-0.25, -0.2) is 4.98 Å². The summed E-state index contributed by atoms with van der Waals surface area (Å²) in [5.41, 5.74) is 2.68. The maximum Gasteiger partial charge on any atom is 0.280 e. The summed E-state index contributed by atoms with van der Waals surface area (Å²) in [6.07, 6.45) is 4.54. The van der Waals surface area contributed by atoms with Crippen LogP contribution in [0.3, 0.4) is 0 Å². The van der Waals surface area contributed by atoms with Crippen molar-refractivity contribution in [2.75, 3.05) is 0 Å². The number of carbonyl (C=O) groups excluding carboxylic acids is 1. The number of carbonyl (C=O) groups is 1. The first kappa shape index (κ1) is 14.9. The Balaban J connectivity index is 1.80. The minimum absolute atomic E-state index is 0.262. The molecule has 8 nitrogen and oxygen atoms in total. The highest BCUT2D eigenvalue weighted by atomic mass is 35.5. The highest BCUT2D eigenvalue weighted by Crippen LogP contribution is 2.28. The van der Waals surface area contributed by atoms with Gasteiger partial charge in [-0.3, -0.25) is 4.79 Å². The smallest absolute Gasteiger partial charge is 0.267 e. The summed E-state index contributed by atoms with van der Waals surface area (Å²) in [5.74, 6) is 0.106. The molecule has 0 aliphatic rings. The predicted molar refractivity (Wildman–Crippen MR) is 95.3 cm³/mol. The lowest BCUT2D eigenvalue weighted by Crippen LogP contribution is -2.14. The van der Waals surface area contributed by atoms with Crippen LogP contribution in [0.1, 0.15) is 15.9 Å². The Morgan fingerprint density at radius 3 is 2.65 bits per heavy atom. The second kappa shape index (κ2) is 5.30. The lowest BCUT2D eigenvalue weighted by atomic mass is 10.1. The SMILES string of the molecule is Cc1ccc(C(=O)n2ncc3c2ncc2c(Cl)nc4ncnn4c23)cc1. The van der Waals surface area contributed by atoms with Gasteiger partial charge in [0, 0.05) is 11.8 Å². The zero-order valence-electron chi connectivity index (χ0n) is 13.5. The number of fused-ring (bicyclic) bond motifs is 5. The third-order valence-electron chi connectivity index (χ3n) is 4.22. The minimum atomic E-state index is -0.262. The molecular formula is C17H10ClN7O. The van der Waals surface area contributed by atoms with Crippen LogP contribution >= 0.6 is 11.6 Å². The lowest BCUT2D eigenvalue weighted by molar-refractivity contribution is 0.0950. The zero-order chi connectivity index (χ0) is 17.8. The Labute approximate surface area is 151 Å². The van der Waals surface area contributed by atoms with Crippen molar-refractivity contribution in [3.63, 3.8) is 0 Å². The molecule has 0 aliphatic carbocycles. The molecule has 0 bridgehead atoms. The van der Waals surface area contributed by atoms with Crippen LogP contribution in [-0.2, 0) is 0 Å². The molecule has 9 heteroatoms. The average molecular weight is 364 g/mol. The van der Waals surface area contributed by atoms with Crippen molar-refractivity contribution in [1.29, 1.82) is 0 Å². The molecule has 0 amide bonds. The molecular weight excluding hydrogens is 354 g/mol. The number of nitrogens with zero attached hydrogens (tertiary/aromatic N) is 7. The maximum absolute atomic E-state index is 12.8. The average Bonchev–Trinajstić information content (AvgIpc) is 3.28. The van der Waals surface area contributed by atoms with Gasteiger partial charge in [0.25, 0.3) is 11.7 Å². The van der Waals surface area contributed by atoms with Crippen molar-refractivity contribution in [1.82, 2.24) is 34.3 Å². The Morgan fingerprint density at radius 1 is 1.04 bits per heavy atom. The first-order chi connectivity index (χ1) is 12.6. The van der Waals surface area contributed by atoms with E-state index in [2.05, 4.69) is 25.1 Å². The summed E-state index contributed by atoms with van der Waals surface area (Å²) in [5, 5.41) is 9.96. The number of benzene rings is 1. The van der Waals surface area contributed by atoms with E-state index in [0.717, 1.165) is 5.56 Å². The molecule has 0 spiro atoms. The quantitative estimate of drug-likeness (QED) is 0.425. The number of aromatic nitrogens is 7. The van der Waals surface area contributed by atoms with E-state index in [1.807, 2.05) is 19.1 Å². The van der Waals surface area contributed by atoms with Gasteiger partial charge < -0.3 is 0 Å². The monoisotopic (exact) mass is 363 g/mol. The molecule has 4 heterocycles. The van der Waals surface area contributed by atoms with E-state index in [1.165, 1.54) is 11.0 Å². The van der Waals surface area contributed by atoms with Gasteiger partial charge >= 0.3 is 0 Å². The van der Waals surface area contributed by atoms with Gasteiger partial charge in [0.15, 0.2) is 5.65 Å². The maximum atomic E-state index is 12.8. The van der Waals surface area contributed by atoms with E-state index < -0.39 is 0 Å². The highest BCUT2D eigenvalue weighted by molar-refractivity contribution is 6.35. The van der Waals surface area contributed by atoms with Crippen molar-refractivity contribution in [2.24, 2.45) is 0 Å². The molecule has 0 atom stereocenters. The molecule has 26 heavy (non-hydrogen) atoms. The molecule has 5 aromatic rings. The number of hydrogen-bond donors (Lipinski definition) is 0. The third-order valence-corrected chi connectivity index (χ3v) is 4.51.